The first kappa shape index (κ1) is 15.0. The first-order valence-electron chi connectivity index (χ1n) is 6.47. The number of benzene rings is 1. The molecule has 0 unspecified atom stereocenters. The molecule has 7 heteroatoms. The SMILES string of the molecule is C[C@@H](CO)NS(=O)(=O)c1ccc(N2CCCC2=O)cc1. The summed E-state index contributed by atoms with van der Waals surface area (Å²) in [4.78, 5) is 13.4. The van der Waals surface area contributed by atoms with Crippen LogP contribution in [0, 0.1) is 0 Å². The third-order valence-corrected chi connectivity index (χ3v) is 4.77. The fraction of sp³-hybridized carbons (Fsp3) is 0.462. The van der Waals surface area contributed by atoms with Gasteiger partial charge in [0.25, 0.3) is 0 Å². The van der Waals surface area contributed by atoms with E-state index < -0.39 is 16.1 Å². The van der Waals surface area contributed by atoms with Gasteiger partial charge >= 0.3 is 0 Å². The Morgan fingerprint density at radius 2 is 2.00 bits per heavy atom. The topological polar surface area (TPSA) is 86.7 Å². The summed E-state index contributed by atoms with van der Waals surface area (Å²) in [5, 5.41) is 8.89. The number of hydrogen-bond acceptors (Lipinski definition) is 4. The molecule has 20 heavy (non-hydrogen) atoms. The lowest BCUT2D eigenvalue weighted by Crippen LogP contribution is -2.35. The number of carbonyl (C=O) groups is 1. The van der Waals surface area contributed by atoms with Crippen molar-refractivity contribution in [3.8, 4) is 0 Å². The Labute approximate surface area is 118 Å². The number of aliphatic hydroxyl groups is 1. The van der Waals surface area contributed by atoms with Crippen LogP contribution in [0.1, 0.15) is 19.8 Å². The number of anilines is 1. The Balaban J connectivity index is 2.17. The number of aliphatic hydroxyl groups excluding tert-OH is 1. The van der Waals surface area contributed by atoms with E-state index in [4.69, 9.17) is 5.11 Å². The van der Waals surface area contributed by atoms with Crippen LogP contribution in [0.3, 0.4) is 0 Å². The van der Waals surface area contributed by atoms with Crippen molar-refractivity contribution >= 4 is 21.6 Å². The summed E-state index contributed by atoms with van der Waals surface area (Å²) in [5.74, 6) is 0.0626. The molecule has 2 N–H and O–H groups in total. The van der Waals surface area contributed by atoms with Crippen LogP contribution in [0.2, 0.25) is 0 Å². The Hall–Kier alpha value is -1.44. The van der Waals surface area contributed by atoms with Crippen molar-refractivity contribution in [1.82, 2.24) is 4.72 Å². The standard InChI is InChI=1S/C13H18N2O4S/c1-10(9-16)14-20(18,19)12-6-4-11(5-7-12)15-8-2-3-13(15)17/h4-7,10,14,16H,2-3,8-9H2,1H3/t10-/m0/s1. The predicted molar refractivity (Wildman–Crippen MR) is 74.9 cm³/mol. The second-order valence-electron chi connectivity index (χ2n) is 4.85. The van der Waals surface area contributed by atoms with Crippen molar-refractivity contribution in [1.29, 1.82) is 0 Å². The first-order chi connectivity index (χ1) is 9.44. The molecule has 110 valence electrons. The fourth-order valence-electron chi connectivity index (χ4n) is 2.10. The van der Waals surface area contributed by atoms with Crippen LogP contribution in [-0.4, -0.2) is 38.6 Å². The van der Waals surface area contributed by atoms with Gasteiger partial charge in [0.05, 0.1) is 11.5 Å². The Kier molecular flexibility index (Phi) is 4.42. The van der Waals surface area contributed by atoms with Gasteiger partial charge in [0.2, 0.25) is 15.9 Å². The van der Waals surface area contributed by atoms with E-state index in [2.05, 4.69) is 4.72 Å². The van der Waals surface area contributed by atoms with Crippen LogP contribution < -0.4 is 9.62 Å². The highest BCUT2D eigenvalue weighted by Gasteiger charge is 2.22. The van der Waals surface area contributed by atoms with Crippen molar-refractivity contribution in [3.63, 3.8) is 0 Å². The summed E-state index contributed by atoms with van der Waals surface area (Å²) in [5.41, 5.74) is 0.710. The Bertz CT molecular complexity index is 583. The minimum atomic E-state index is -3.64. The van der Waals surface area contributed by atoms with E-state index in [1.807, 2.05) is 0 Å². The lowest BCUT2D eigenvalue weighted by atomic mass is 10.3. The Morgan fingerprint density at radius 3 is 2.50 bits per heavy atom. The number of carbonyl (C=O) groups excluding carboxylic acids is 1. The van der Waals surface area contributed by atoms with Gasteiger partial charge in [-0.1, -0.05) is 0 Å². The third kappa shape index (κ3) is 3.17. The maximum atomic E-state index is 12.0. The Morgan fingerprint density at radius 1 is 1.35 bits per heavy atom. The van der Waals surface area contributed by atoms with Crippen LogP contribution >= 0.6 is 0 Å². The van der Waals surface area contributed by atoms with E-state index in [1.54, 1.807) is 24.0 Å². The summed E-state index contributed by atoms with van der Waals surface area (Å²) >= 11 is 0. The van der Waals surface area contributed by atoms with Crippen LogP contribution in [0.15, 0.2) is 29.2 Å². The van der Waals surface area contributed by atoms with E-state index in [9.17, 15) is 13.2 Å². The van der Waals surface area contributed by atoms with Crippen molar-refractivity contribution < 1.29 is 18.3 Å². The summed E-state index contributed by atoms with van der Waals surface area (Å²) in [7, 11) is -3.64. The molecular weight excluding hydrogens is 280 g/mol. The smallest absolute Gasteiger partial charge is 0.240 e. The molecule has 1 aliphatic rings. The summed E-state index contributed by atoms with van der Waals surface area (Å²) in [6, 6.07) is 5.64. The van der Waals surface area contributed by atoms with E-state index in [1.165, 1.54) is 12.1 Å². The molecular formula is C13H18N2O4S. The largest absolute Gasteiger partial charge is 0.395 e. The highest BCUT2D eigenvalue weighted by atomic mass is 32.2. The minimum absolute atomic E-state index is 0.0626. The van der Waals surface area contributed by atoms with Gasteiger partial charge in [-0.3, -0.25) is 4.79 Å². The zero-order valence-electron chi connectivity index (χ0n) is 11.2. The molecule has 0 radical (unpaired) electrons. The van der Waals surface area contributed by atoms with Crippen molar-refractivity contribution in [3.05, 3.63) is 24.3 Å². The van der Waals surface area contributed by atoms with E-state index in [-0.39, 0.29) is 17.4 Å². The monoisotopic (exact) mass is 298 g/mol. The van der Waals surface area contributed by atoms with Crippen molar-refractivity contribution in [2.75, 3.05) is 18.1 Å². The van der Waals surface area contributed by atoms with Gasteiger partial charge in [-0.2, -0.15) is 0 Å². The van der Waals surface area contributed by atoms with Gasteiger partial charge in [0.15, 0.2) is 0 Å². The molecule has 1 fully saturated rings. The average Bonchev–Trinajstić information content (AvgIpc) is 2.84. The molecule has 1 aromatic rings. The normalized spacial score (nSPS) is 17.5. The van der Waals surface area contributed by atoms with Gasteiger partial charge in [-0.05, 0) is 37.6 Å². The predicted octanol–water partition coefficient (Wildman–Crippen LogP) is 0.472. The highest BCUT2D eigenvalue weighted by Crippen LogP contribution is 2.22. The molecule has 1 saturated heterocycles. The molecule has 0 aliphatic carbocycles. The molecule has 0 spiro atoms. The minimum Gasteiger partial charge on any atom is -0.395 e. The summed E-state index contributed by atoms with van der Waals surface area (Å²) in [6.45, 7) is 1.99. The summed E-state index contributed by atoms with van der Waals surface area (Å²) < 4.78 is 26.4. The molecule has 0 aromatic heterocycles. The first-order valence-corrected chi connectivity index (χ1v) is 7.96. The number of amides is 1. The van der Waals surface area contributed by atoms with Crippen LogP contribution in [0.4, 0.5) is 5.69 Å². The molecule has 1 aromatic carbocycles. The molecule has 2 rings (SSSR count). The maximum absolute atomic E-state index is 12.0. The quantitative estimate of drug-likeness (QED) is 0.827. The number of nitrogens with one attached hydrogen (secondary N) is 1. The molecule has 1 heterocycles. The van der Waals surface area contributed by atoms with Gasteiger partial charge in [0.1, 0.15) is 0 Å². The van der Waals surface area contributed by atoms with E-state index in [0.29, 0.717) is 18.7 Å². The van der Waals surface area contributed by atoms with Crippen molar-refractivity contribution in [2.45, 2.75) is 30.7 Å². The zero-order valence-corrected chi connectivity index (χ0v) is 12.1. The second-order valence-corrected chi connectivity index (χ2v) is 6.56. The number of sulfonamides is 1. The van der Waals surface area contributed by atoms with Gasteiger partial charge < -0.3 is 10.0 Å². The molecule has 1 atom stereocenters. The molecule has 0 bridgehead atoms. The van der Waals surface area contributed by atoms with Gasteiger partial charge in [-0.15, -0.1) is 0 Å². The maximum Gasteiger partial charge on any atom is 0.240 e. The van der Waals surface area contributed by atoms with Crippen molar-refractivity contribution in [2.24, 2.45) is 0 Å². The lowest BCUT2D eigenvalue weighted by molar-refractivity contribution is -0.117. The summed E-state index contributed by atoms with van der Waals surface area (Å²) in [6.07, 6.45) is 1.37. The van der Waals surface area contributed by atoms with Crippen LogP contribution in [-0.2, 0) is 14.8 Å². The number of nitrogens with zero attached hydrogens (tertiary/aromatic N) is 1. The molecule has 1 aliphatic heterocycles. The number of rotatable bonds is 5. The molecule has 1 amide bonds. The fourth-order valence-corrected chi connectivity index (χ4v) is 3.33. The second kappa shape index (κ2) is 5.90. The van der Waals surface area contributed by atoms with Crippen LogP contribution in [0.5, 0.6) is 0 Å². The third-order valence-electron chi connectivity index (χ3n) is 3.16. The van der Waals surface area contributed by atoms with Crippen LogP contribution in [0.25, 0.3) is 0 Å². The number of hydrogen-bond donors (Lipinski definition) is 2. The molecule has 0 saturated carbocycles. The average molecular weight is 298 g/mol. The van der Waals surface area contributed by atoms with E-state index >= 15 is 0 Å². The van der Waals surface area contributed by atoms with Gasteiger partial charge in [0, 0.05) is 24.7 Å². The zero-order chi connectivity index (χ0) is 14.8. The van der Waals surface area contributed by atoms with E-state index in [0.717, 1.165) is 6.42 Å². The molecule has 6 nitrogen and oxygen atoms in total. The lowest BCUT2D eigenvalue weighted by Gasteiger charge is -2.16. The highest BCUT2D eigenvalue weighted by molar-refractivity contribution is 7.89. The van der Waals surface area contributed by atoms with Gasteiger partial charge in [-0.25, -0.2) is 13.1 Å².